The maximum absolute atomic E-state index is 15.2. The van der Waals surface area contributed by atoms with Crippen LogP contribution >= 0.6 is 11.8 Å². The Kier molecular flexibility index (Phi) is 33.0. The van der Waals surface area contributed by atoms with E-state index in [1.807, 2.05) is 13.8 Å². The Hall–Kier alpha value is -10.9. The predicted octanol–water partition coefficient (Wildman–Crippen LogP) is 1.69. The molecule has 7 rings (SSSR count). The van der Waals surface area contributed by atoms with Gasteiger partial charge in [0.1, 0.15) is 36.9 Å². The van der Waals surface area contributed by atoms with Gasteiger partial charge in [0, 0.05) is 113 Å². The molecule has 0 saturated carbocycles. The maximum Gasteiger partial charge on any atom is 0.409 e. The van der Waals surface area contributed by atoms with Crippen molar-refractivity contribution < 1.29 is 91.0 Å². The van der Waals surface area contributed by atoms with Gasteiger partial charge in [0.25, 0.3) is 11.8 Å². The topological polar surface area (TPSA) is 498 Å². The van der Waals surface area contributed by atoms with Gasteiger partial charge < -0.3 is 88.5 Å². The molecule has 16 amide bonds. The fourth-order valence-electron chi connectivity index (χ4n) is 13.2. The third-order valence-corrected chi connectivity index (χ3v) is 21.6. The summed E-state index contributed by atoms with van der Waals surface area (Å²) in [5.74, 6) is -14.4. The Morgan fingerprint density at radius 3 is 2.01 bits per heavy atom. The number of para-hydroxylation sites is 1. The van der Waals surface area contributed by atoms with Gasteiger partial charge in [-0.2, -0.15) is 0 Å². The summed E-state index contributed by atoms with van der Waals surface area (Å²) in [6, 6.07) is 4.94. The number of hydrogen-bond acceptors (Lipinski definition) is 20. The number of amides is 16. The first-order valence-corrected chi connectivity index (χ1v) is 38.8. The lowest BCUT2D eigenvalue weighted by molar-refractivity contribution is -0.145. The number of nitrogens with one attached hydrogen (secondary N) is 10. The molecular formula is C76H106N16O19S. The van der Waals surface area contributed by atoms with E-state index in [4.69, 9.17) is 20.9 Å². The fourth-order valence-corrected chi connectivity index (χ4v) is 14.4. The molecule has 2 bridgehead atoms. The van der Waals surface area contributed by atoms with Crippen LogP contribution in [0.25, 0.3) is 10.9 Å². The van der Waals surface area contributed by atoms with E-state index in [9.17, 15) is 67.1 Å². The highest BCUT2D eigenvalue weighted by molar-refractivity contribution is 7.99. The van der Waals surface area contributed by atoms with Gasteiger partial charge in [-0.15, -0.1) is 11.8 Å². The number of aromatic nitrogens is 1. The number of likely N-dealkylation sites (N-methyl/N-ethyl adjacent to an activating group) is 2. The summed E-state index contributed by atoms with van der Waals surface area (Å²) < 4.78 is 11.5. The van der Waals surface area contributed by atoms with Crippen LogP contribution < -0.4 is 59.3 Å². The number of primary amides is 2. The number of thioether (sulfide) groups is 1. The number of fused-ring (bicyclic) bond motifs is 5. The third-order valence-electron chi connectivity index (χ3n) is 20.4. The summed E-state index contributed by atoms with van der Waals surface area (Å²) in [6.07, 6.45) is -0.853. The Labute approximate surface area is 653 Å². The third kappa shape index (κ3) is 25.6. The zero-order valence-corrected chi connectivity index (χ0v) is 65.6. The lowest BCUT2D eigenvalue weighted by atomic mass is 9.83. The second kappa shape index (κ2) is 41.9. The Morgan fingerprint density at radius 1 is 0.696 bits per heavy atom. The van der Waals surface area contributed by atoms with Crippen molar-refractivity contribution in [2.24, 2.45) is 47.0 Å². The smallest absolute Gasteiger partial charge is 0.409 e. The van der Waals surface area contributed by atoms with E-state index in [0.717, 1.165) is 26.5 Å². The Balaban J connectivity index is 1.02. The monoisotopic (exact) mass is 1580 g/mol. The number of nitrogens with two attached hydrogens (primary N) is 2. The molecule has 11 atom stereocenters. The van der Waals surface area contributed by atoms with Gasteiger partial charge >= 0.3 is 18.2 Å². The number of urea groups is 1. The highest BCUT2D eigenvalue weighted by Gasteiger charge is 2.47. The first-order chi connectivity index (χ1) is 53.1. The number of rotatable bonds is 28. The van der Waals surface area contributed by atoms with E-state index in [1.54, 1.807) is 71.0 Å². The predicted molar refractivity (Wildman–Crippen MR) is 409 cm³/mol. The summed E-state index contributed by atoms with van der Waals surface area (Å²) in [4.78, 5) is 240. The van der Waals surface area contributed by atoms with Crippen LogP contribution in [0.4, 0.5) is 20.1 Å². The van der Waals surface area contributed by atoms with Crippen LogP contribution in [-0.4, -0.2) is 233 Å². The summed E-state index contributed by atoms with van der Waals surface area (Å²) in [5, 5.41) is 25.2. The van der Waals surface area contributed by atoms with Crippen LogP contribution in [0.2, 0.25) is 0 Å². The molecule has 35 nitrogen and oxygen atoms in total. The quantitative estimate of drug-likeness (QED) is 0.0363. The number of ketones is 2. The maximum atomic E-state index is 15.2. The molecule has 3 aromatic rings. The second-order valence-electron chi connectivity index (χ2n) is 29.6. The molecule has 14 N–H and O–H groups in total. The standard InChI is InChI=1S/C76H106N16O19S/c1-10-43(6)65-70(104)81-36-60(97)83-54-40-112-72-51(50-17-13-14-18-52(50)85-72)31-46(67(101)80-37-61(98)87-65)32-57(94)66(44(7)41(2)3)88-69(103)55-35-49(38-92(55)73(106)47(33-56(54)93)34-58(77)95)111-76(109)90(9)30-29-89(8)75(108)110-39-45-21-23-48(24-22-45)82-68(102)53(19-16-27-79-74(78)107)84-71(105)64(42(4)5)86-59(96)20-12-11-15-28-91-62(99)25-26-63(91)100/h13-14,17-18,21-26,41-44,46-47,49,53-55,64-66,85H,10-12,15-16,19-20,27-40H2,1-9H3,(H2,77,95)(H,80,101)(H,81,104)(H,82,102)(H,83,97)(H,84,105)(H,86,96)(H,87,98)(H,88,103)(H3,78,79,107)/t43-,44-,46+,47-,49+,53-,54-,55?,64-,65-,66-/m0/s1. The van der Waals surface area contributed by atoms with Gasteiger partial charge in [-0.25, -0.2) is 14.4 Å². The molecule has 1 fully saturated rings. The Bertz CT molecular complexity index is 4000. The molecule has 4 aliphatic heterocycles. The van der Waals surface area contributed by atoms with E-state index in [0.29, 0.717) is 58.4 Å². The molecule has 0 radical (unpaired) electrons. The fraction of sp³-hybridized carbons (Fsp3) is 0.566. The molecular weight excluding hydrogens is 1470 g/mol. The van der Waals surface area contributed by atoms with Crippen LogP contribution in [0.5, 0.6) is 0 Å². The van der Waals surface area contributed by atoms with Crippen molar-refractivity contribution in [3.8, 4) is 0 Å². The first-order valence-electron chi connectivity index (χ1n) is 37.8. The van der Waals surface area contributed by atoms with Crippen LogP contribution in [0, 0.1) is 35.5 Å². The van der Waals surface area contributed by atoms with E-state index in [-0.39, 0.29) is 76.6 Å². The number of carbonyl (C=O) groups excluding carboxylic acids is 17. The number of benzene rings is 2. The summed E-state index contributed by atoms with van der Waals surface area (Å²) in [6.45, 7) is 10.4. The van der Waals surface area contributed by atoms with Crippen molar-refractivity contribution in [1.82, 2.24) is 67.1 Å². The highest BCUT2D eigenvalue weighted by Crippen LogP contribution is 2.35. The van der Waals surface area contributed by atoms with Crippen molar-refractivity contribution in [2.75, 3.05) is 71.0 Å². The Morgan fingerprint density at radius 2 is 1.36 bits per heavy atom. The zero-order chi connectivity index (χ0) is 82.2. The van der Waals surface area contributed by atoms with E-state index in [1.165, 1.54) is 43.3 Å². The molecule has 0 aliphatic carbocycles. The molecule has 610 valence electrons. The summed E-state index contributed by atoms with van der Waals surface area (Å²) in [7, 11) is 2.79. The molecule has 1 saturated heterocycles. The largest absolute Gasteiger partial charge is 0.445 e. The highest BCUT2D eigenvalue weighted by atomic mass is 32.2. The minimum Gasteiger partial charge on any atom is -0.445 e. The first kappa shape index (κ1) is 88.3. The number of H-pyrrole nitrogens is 1. The number of carbonyl (C=O) groups is 17. The number of Topliss-reactive ketones (excluding diaryl/α,β-unsaturated/α-hetero) is 2. The van der Waals surface area contributed by atoms with Gasteiger partial charge in [-0.05, 0) is 85.1 Å². The average molecular weight is 1580 g/mol. The zero-order valence-electron chi connectivity index (χ0n) is 64.7. The van der Waals surface area contributed by atoms with E-state index in [2.05, 4.69) is 52.8 Å². The molecule has 36 heteroatoms. The van der Waals surface area contributed by atoms with Crippen molar-refractivity contribution in [3.05, 3.63) is 71.8 Å². The van der Waals surface area contributed by atoms with Crippen LogP contribution in [0.1, 0.15) is 130 Å². The summed E-state index contributed by atoms with van der Waals surface area (Å²) >= 11 is 1.09. The van der Waals surface area contributed by atoms with Crippen molar-refractivity contribution in [3.63, 3.8) is 0 Å². The van der Waals surface area contributed by atoms with E-state index >= 15 is 14.4 Å². The van der Waals surface area contributed by atoms with E-state index < -0.39 is 212 Å². The molecule has 1 aromatic heterocycles. The van der Waals surface area contributed by atoms with Gasteiger partial charge in [0.2, 0.25) is 59.1 Å². The SMILES string of the molecule is CC[C@H](C)[C@@H]1NC(=O)CNC(=O)[C@H]2CC(=O)[C@H]([C@@H](C)C(C)C)NC(=O)C3C[C@@H](OC(=O)N(C)CCN(C)C(=O)OCc4ccc(NC(=O)[C@H](CCCNC(N)=O)NC(=O)[C@@H](NC(=O)CCCCCN5C(=O)C=CC5=O)C(C)C)cc4)CN3C(=O)[C@H](CC(N)=O)CC(=O)[C@H](CSc3[nH]c4ccccc4c3C2)NC(=O)CNC1=O. The number of anilines is 1. The number of nitrogens with zero attached hydrogens (tertiary/aromatic N) is 4. The molecule has 5 heterocycles. The number of unbranched alkanes of at least 4 members (excludes halogenated alkanes) is 2. The van der Waals surface area contributed by atoms with Crippen LogP contribution in [-0.2, 0) is 89.6 Å². The minimum absolute atomic E-state index is 0.0515. The number of hydrogen-bond donors (Lipinski definition) is 12. The van der Waals surface area contributed by atoms with Crippen LogP contribution in [0.15, 0.2) is 65.7 Å². The molecule has 112 heavy (non-hydrogen) atoms. The van der Waals surface area contributed by atoms with Crippen LogP contribution in [0.3, 0.4) is 0 Å². The van der Waals surface area contributed by atoms with Gasteiger partial charge in [-0.1, -0.05) is 91.6 Å². The number of aromatic amines is 1. The lowest BCUT2D eigenvalue weighted by Gasteiger charge is -2.32. The molecule has 4 aliphatic rings. The minimum atomic E-state index is -1.57. The molecule has 0 spiro atoms. The number of ether oxygens (including phenoxy) is 2. The molecule has 2 aromatic carbocycles. The normalized spacial score (nSPS) is 21.4. The van der Waals surface area contributed by atoms with Gasteiger partial charge in [-0.3, -0.25) is 72.0 Å². The second-order valence-corrected chi connectivity index (χ2v) is 30.6. The molecule has 1 unspecified atom stereocenters. The van der Waals surface area contributed by atoms with Crippen molar-refractivity contribution in [1.29, 1.82) is 0 Å². The van der Waals surface area contributed by atoms with Crippen molar-refractivity contribution >= 4 is 129 Å². The summed E-state index contributed by atoms with van der Waals surface area (Å²) in [5.41, 5.74) is 13.0. The van der Waals surface area contributed by atoms with Crippen molar-refractivity contribution in [2.45, 2.75) is 180 Å². The number of imide groups is 1. The average Bonchev–Trinajstić information content (AvgIpc) is 1.64. The van der Waals surface area contributed by atoms with Gasteiger partial charge in [0.05, 0.1) is 42.7 Å². The van der Waals surface area contributed by atoms with Gasteiger partial charge in [0.15, 0.2) is 11.6 Å². The lowest BCUT2D eigenvalue weighted by Crippen LogP contribution is -2.56.